The molecule has 0 aromatic heterocycles. The van der Waals surface area contributed by atoms with Crippen LogP contribution in [0.4, 0.5) is 0 Å². The Bertz CT molecular complexity index is 3420. The summed E-state index contributed by atoms with van der Waals surface area (Å²) in [5, 5.41) is 15.2. The first-order valence-electron chi connectivity index (χ1n) is 20.8. The molecule has 12 aromatic carbocycles. The first-order valence-corrected chi connectivity index (χ1v) is 20.8. The second kappa shape index (κ2) is 13.9. The Morgan fingerprint density at radius 1 is 0.150 bits per heavy atom. The molecule has 0 heterocycles. The molecule has 0 atom stereocenters. The van der Waals surface area contributed by atoms with Crippen LogP contribution < -0.4 is 0 Å². The highest BCUT2D eigenvalue weighted by Crippen LogP contribution is 2.39. The molecule has 0 heteroatoms. The van der Waals surface area contributed by atoms with Gasteiger partial charge in [0.2, 0.25) is 0 Å². The maximum Gasteiger partial charge on any atom is -0.00988 e. The molecule has 0 aliphatic rings. The topological polar surface area (TPSA) is 0 Å². The van der Waals surface area contributed by atoms with Crippen molar-refractivity contribution in [1.29, 1.82) is 0 Å². The Kier molecular flexibility index (Phi) is 7.96. The van der Waals surface area contributed by atoms with E-state index in [-0.39, 0.29) is 0 Å². The zero-order valence-electron chi connectivity index (χ0n) is 32.9. The van der Waals surface area contributed by atoms with Gasteiger partial charge in [0.25, 0.3) is 0 Å². The summed E-state index contributed by atoms with van der Waals surface area (Å²) >= 11 is 0. The van der Waals surface area contributed by atoms with Gasteiger partial charge in [-0.2, -0.15) is 0 Å². The molecule has 0 aliphatic heterocycles. The normalized spacial score (nSPS) is 11.7. The Morgan fingerprint density at radius 2 is 0.450 bits per heavy atom. The van der Waals surface area contributed by atoms with Crippen LogP contribution in [0.5, 0.6) is 0 Å². The fourth-order valence-electron chi connectivity index (χ4n) is 9.53. The smallest absolute Gasteiger partial charge is 0.00988 e. The predicted molar refractivity (Wildman–Crippen MR) is 259 cm³/mol. The van der Waals surface area contributed by atoms with E-state index < -0.39 is 0 Å². The van der Waals surface area contributed by atoms with Crippen LogP contribution in [0, 0.1) is 0 Å². The fourth-order valence-corrected chi connectivity index (χ4v) is 9.53. The van der Waals surface area contributed by atoms with Crippen molar-refractivity contribution in [2.75, 3.05) is 0 Å². The number of rotatable bonds is 5. The van der Waals surface area contributed by atoms with Crippen LogP contribution in [0.2, 0.25) is 0 Å². The molecular formula is C60H38. The van der Waals surface area contributed by atoms with Crippen molar-refractivity contribution in [3.8, 4) is 55.6 Å². The van der Waals surface area contributed by atoms with E-state index in [4.69, 9.17) is 0 Å². The number of hydrogen-bond donors (Lipinski definition) is 0. The molecule has 0 fully saturated rings. The number of benzene rings is 12. The SMILES string of the molecule is c1cc(-c2ccc3cc(-c4ccc5cc(-c6cccc(-c7cc8ccccc8c8ccccc78)c6)ccc5c4)ccc3c2)cc(-c2cc3ccccc3c3ccccc23)c1. The molecule has 60 heavy (non-hydrogen) atoms. The van der Waals surface area contributed by atoms with Crippen molar-refractivity contribution in [2.24, 2.45) is 0 Å². The molecule has 0 N–H and O–H groups in total. The fraction of sp³-hybridized carbons (Fsp3) is 0. The van der Waals surface area contributed by atoms with Crippen molar-refractivity contribution in [2.45, 2.75) is 0 Å². The van der Waals surface area contributed by atoms with Gasteiger partial charge >= 0.3 is 0 Å². The zero-order chi connectivity index (χ0) is 39.6. The number of fused-ring (bicyclic) bond motifs is 8. The minimum atomic E-state index is 1.22. The Labute approximate surface area is 349 Å². The van der Waals surface area contributed by atoms with Crippen molar-refractivity contribution in [1.82, 2.24) is 0 Å². The summed E-state index contributed by atoms with van der Waals surface area (Å²) < 4.78 is 0. The molecule has 0 bridgehead atoms. The summed E-state index contributed by atoms with van der Waals surface area (Å²) in [7, 11) is 0. The quantitative estimate of drug-likeness (QED) is 0.153. The molecule has 0 spiro atoms. The van der Waals surface area contributed by atoms with Gasteiger partial charge in [-0.15, -0.1) is 0 Å². The van der Waals surface area contributed by atoms with E-state index in [1.165, 1.54) is 120 Å². The summed E-state index contributed by atoms with van der Waals surface area (Å²) in [6, 6.07) is 85.1. The molecule has 0 nitrogen and oxygen atoms in total. The van der Waals surface area contributed by atoms with E-state index in [2.05, 4.69) is 231 Å². The molecule has 12 aromatic rings. The van der Waals surface area contributed by atoms with E-state index in [1.54, 1.807) is 0 Å². The minimum Gasteiger partial charge on any atom is -0.0616 e. The summed E-state index contributed by atoms with van der Waals surface area (Å²) in [6.45, 7) is 0. The Balaban J connectivity index is 0.841. The number of hydrogen-bond acceptors (Lipinski definition) is 0. The van der Waals surface area contributed by atoms with E-state index in [9.17, 15) is 0 Å². The monoisotopic (exact) mass is 758 g/mol. The molecule has 0 unspecified atom stereocenters. The van der Waals surface area contributed by atoms with Crippen LogP contribution in [0.1, 0.15) is 0 Å². The molecule has 278 valence electrons. The van der Waals surface area contributed by atoms with Gasteiger partial charge in [-0.3, -0.25) is 0 Å². The van der Waals surface area contributed by atoms with Gasteiger partial charge in [0.1, 0.15) is 0 Å². The van der Waals surface area contributed by atoms with Crippen molar-refractivity contribution in [3.63, 3.8) is 0 Å². The first kappa shape index (κ1) is 34.3. The van der Waals surface area contributed by atoms with Gasteiger partial charge in [0.15, 0.2) is 0 Å². The first-order chi connectivity index (χ1) is 29.7. The van der Waals surface area contributed by atoms with E-state index in [0.717, 1.165) is 0 Å². The second-order valence-electron chi connectivity index (χ2n) is 16.1. The van der Waals surface area contributed by atoms with Crippen molar-refractivity contribution >= 4 is 64.6 Å². The molecule has 0 radical (unpaired) electrons. The predicted octanol–water partition coefficient (Wildman–Crippen LogP) is 16.9. The average Bonchev–Trinajstić information content (AvgIpc) is 3.33. The summed E-state index contributed by atoms with van der Waals surface area (Å²) in [4.78, 5) is 0. The van der Waals surface area contributed by atoms with Crippen molar-refractivity contribution in [3.05, 3.63) is 231 Å². The largest absolute Gasteiger partial charge is 0.0616 e. The second-order valence-corrected chi connectivity index (χ2v) is 16.1. The van der Waals surface area contributed by atoms with Crippen LogP contribution in [0.15, 0.2) is 231 Å². The zero-order valence-corrected chi connectivity index (χ0v) is 32.9. The van der Waals surface area contributed by atoms with E-state index >= 15 is 0 Å². The Hall–Kier alpha value is -7.80. The highest BCUT2D eigenvalue weighted by molar-refractivity contribution is 6.15. The highest BCUT2D eigenvalue weighted by Gasteiger charge is 2.12. The highest BCUT2D eigenvalue weighted by atomic mass is 14.2. The minimum absolute atomic E-state index is 1.22. The van der Waals surface area contributed by atoms with Gasteiger partial charge < -0.3 is 0 Å². The maximum atomic E-state index is 2.35. The molecule has 0 aliphatic carbocycles. The molecule has 0 amide bonds. The molecule has 0 saturated carbocycles. The van der Waals surface area contributed by atoms with Gasteiger partial charge in [0.05, 0.1) is 0 Å². The maximum absolute atomic E-state index is 2.35. The van der Waals surface area contributed by atoms with Crippen LogP contribution in [-0.2, 0) is 0 Å². The molecule has 12 rings (SSSR count). The lowest BCUT2D eigenvalue weighted by Gasteiger charge is -2.13. The summed E-state index contributed by atoms with van der Waals surface area (Å²) in [5.41, 5.74) is 12.3. The lowest BCUT2D eigenvalue weighted by molar-refractivity contribution is 1.61. The van der Waals surface area contributed by atoms with Gasteiger partial charge in [0, 0.05) is 0 Å². The third-order valence-electron chi connectivity index (χ3n) is 12.6. The third kappa shape index (κ3) is 5.84. The molecular weight excluding hydrogens is 721 g/mol. The lowest BCUT2D eigenvalue weighted by Crippen LogP contribution is -1.87. The lowest BCUT2D eigenvalue weighted by atomic mass is 9.91. The summed E-state index contributed by atoms with van der Waals surface area (Å²) in [6.07, 6.45) is 0. The van der Waals surface area contributed by atoms with Crippen LogP contribution in [-0.4, -0.2) is 0 Å². The standard InChI is InChI=1S/C60H38/c1-3-17-53-51(11-1)37-59(57-21-7-5-19-55(53)57)49-15-9-13-39(35-49)41-23-25-45-33-47(29-27-43(45)31-41)48-30-28-44-32-42(24-26-46(44)34-48)40-14-10-16-50(36-40)60-38-52-12-2-4-18-54(52)56-20-6-8-22-58(56)60/h1-38H. The van der Waals surface area contributed by atoms with Crippen LogP contribution >= 0.6 is 0 Å². The summed E-state index contributed by atoms with van der Waals surface area (Å²) in [5.74, 6) is 0. The van der Waals surface area contributed by atoms with Crippen molar-refractivity contribution < 1.29 is 0 Å². The molecule has 0 saturated heterocycles. The Morgan fingerprint density at radius 3 is 0.833 bits per heavy atom. The third-order valence-corrected chi connectivity index (χ3v) is 12.6. The van der Waals surface area contributed by atoms with Crippen LogP contribution in [0.25, 0.3) is 120 Å². The van der Waals surface area contributed by atoms with E-state index in [1.807, 2.05) is 0 Å². The average molecular weight is 759 g/mol. The van der Waals surface area contributed by atoms with Gasteiger partial charge in [-0.05, 0) is 169 Å². The van der Waals surface area contributed by atoms with E-state index in [0.29, 0.717) is 0 Å². The van der Waals surface area contributed by atoms with Gasteiger partial charge in [-0.1, -0.05) is 182 Å². The van der Waals surface area contributed by atoms with Crippen LogP contribution in [0.3, 0.4) is 0 Å². The van der Waals surface area contributed by atoms with Gasteiger partial charge in [-0.25, -0.2) is 0 Å².